The summed E-state index contributed by atoms with van der Waals surface area (Å²) < 4.78 is 29.8. The summed E-state index contributed by atoms with van der Waals surface area (Å²) in [7, 11) is -4.88. The van der Waals surface area contributed by atoms with E-state index < -0.39 is 51.0 Å². The maximum Gasteiger partial charge on any atom is 0.529 e. The summed E-state index contributed by atoms with van der Waals surface area (Å²) in [6.45, 7) is 6.08. The average molecular weight is 722 g/mol. The Morgan fingerprint density at radius 3 is 2.64 bits per heavy atom. The molecule has 15 atom stereocenters. The molecule has 3 heterocycles. The van der Waals surface area contributed by atoms with Crippen LogP contribution in [-0.2, 0) is 23.1 Å². The van der Waals surface area contributed by atoms with Crippen LogP contribution in [-0.4, -0.2) is 87.9 Å². The SMILES string of the molecule is C[C@H](CCC(=O)OP(=O)(O)OC[C@H]1O[C@@H](n2cnc3c(N)ncnc32)[C@H](O)[C@@H]1O)[C@H]1CC[C@H]2[C@@H]3CC[C@@H]4C[C@H](O)CC[C@]4(C)[C@H]3C[C@H](O)[C@]12C. The molecule has 0 bridgehead atoms. The van der Waals surface area contributed by atoms with Gasteiger partial charge in [-0.25, -0.2) is 19.5 Å². The van der Waals surface area contributed by atoms with Gasteiger partial charge in [0, 0.05) is 6.42 Å². The van der Waals surface area contributed by atoms with Crippen molar-refractivity contribution < 1.29 is 48.5 Å². The van der Waals surface area contributed by atoms with Crippen molar-refractivity contribution >= 4 is 30.8 Å². The number of hydrogen-bond donors (Lipinski definition) is 6. The van der Waals surface area contributed by atoms with Crippen molar-refractivity contribution in [1.29, 1.82) is 0 Å². The molecule has 1 aliphatic heterocycles. The van der Waals surface area contributed by atoms with Gasteiger partial charge in [-0.1, -0.05) is 20.8 Å². The number of fused-ring (bicyclic) bond motifs is 6. The van der Waals surface area contributed by atoms with E-state index in [-0.39, 0.29) is 52.2 Å². The molecule has 0 aromatic carbocycles. The molecule has 7 N–H and O–H groups in total. The topological polar surface area (TPSA) is 233 Å². The lowest BCUT2D eigenvalue weighted by atomic mass is 9.43. The van der Waals surface area contributed by atoms with Gasteiger partial charge in [-0.3, -0.25) is 18.8 Å². The van der Waals surface area contributed by atoms with Gasteiger partial charge >= 0.3 is 13.8 Å². The van der Waals surface area contributed by atoms with Crippen molar-refractivity contribution in [2.45, 2.75) is 122 Å². The molecular formula is C34H52N5O10P. The number of carbonyl (C=O) groups is 1. The predicted molar refractivity (Wildman–Crippen MR) is 179 cm³/mol. The zero-order valence-electron chi connectivity index (χ0n) is 29.0. The standard InChI is InChI=1S/C34H52N5O10P/c1-17(21-7-8-22-20-6-5-18-12-19(40)10-11-33(18,2)23(20)13-25(41)34(21,22)3)4-9-26(42)49-50(45,46)47-14-24-28(43)29(44)32(48-24)39-16-38-27-30(35)36-15-37-31(27)39/h15-25,28-29,32,40-41,43-44H,4-14H2,1-3H3,(H,45,46)(H2,35,36,37)/t17-,18-,19-,20+,21-,22+,23+,24-,25+,28-,29-,32-,33+,34-/m1/s1. The molecule has 4 aliphatic carbocycles. The number of hydrogen-bond acceptors (Lipinski definition) is 13. The van der Waals surface area contributed by atoms with E-state index in [9.17, 15) is 34.7 Å². The molecule has 5 fully saturated rings. The Balaban J connectivity index is 0.918. The smallest absolute Gasteiger partial charge is 0.393 e. The Labute approximate surface area is 291 Å². The Morgan fingerprint density at radius 1 is 1.08 bits per heavy atom. The number of nitrogen functional groups attached to an aromatic ring is 1. The summed E-state index contributed by atoms with van der Waals surface area (Å²) in [5, 5.41) is 43.4. The molecule has 0 radical (unpaired) electrons. The highest BCUT2D eigenvalue weighted by atomic mass is 31.2. The van der Waals surface area contributed by atoms with Crippen molar-refractivity contribution in [3.63, 3.8) is 0 Å². The van der Waals surface area contributed by atoms with E-state index in [0.717, 1.165) is 51.4 Å². The van der Waals surface area contributed by atoms with Crippen molar-refractivity contribution in [2.75, 3.05) is 12.3 Å². The van der Waals surface area contributed by atoms with Crippen LogP contribution in [0.3, 0.4) is 0 Å². The number of nitrogens with two attached hydrogens (primary N) is 1. The highest BCUT2D eigenvalue weighted by Gasteiger charge is 2.63. The van der Waals surface area contributed by atoms with E-state index in [1.165, 1.54) is 17.2 Å². The third kappa shape index (κ3) is 6.09. The van der Waals surface area contributed by atoms with E-state index in [1.54, 1.807) is 0 Å². The van der Waals surface area contributed by atoms with Gasteiger partial charge in [0.15, 0.2) is 17.7 Å². The van der Waals surface area contributed by atoms with Gasteiger partial charge in [0.1, 0.15) is 30.2 Å². The summed E-state index contributed by atoms with van der Waals surface area (Å²) in [6, 6.07) is 0. The lowest BCUT2D eigenvalue weighted by Gasteiger charge is -2.62. The molecule has 5 aliphatic rings. The van der Waals surface area contributed by atoms with Gasteiger partial charge in [-0.2, -0.15) is 0 Å². The number of aliphatic hydroxyl groups is 4. The molecule has 1 unspecified atom stereocenters. The van der Waals surface area contributed by atoms with Crippen molar-refractivity contribution in [2.24, 2.45) is 46.3 Å². The molecular weight excluding hydrogens is 669 g/mol. The first-order valence-electron chi connectivity index (χ1n) is 18.1. The minimum absolute atomic E-state index is 0.0693. The van der Waals surface area contributed by atoms with Crippen molar-refractivity contribution in [3.8, 4) is 0 Å². The lowest BCUT2D eigenvalue weighted by molar-refractivity contribution is -0.175. The molecule has 7 rings (SSSR count). The van der Waals surface area contributed by atoms with Crippen LogP contribution in [0.1, 0.15) is 91.2 Å². The van der Waals surface area contributed by atoms with Crippen LogP contribution >= 0.6 is 7.82 Å². The number of phosphoric ester groups is 1. The minimum Gasteiger partial charge on any atom is -0.393 e. The fourth-order valence-electron chi connectivity index (χ4n) is 11.2. The molecule has 16 heteroatoms. The second-order valence-electron chi connectivity index (χ2n) is 16.3. The quantitative estimate of drug-likeness (QED) is 0.204. The molecule has 0 amide bonds. The molecule has 4 saturated carbocycles. The Bertz CT molecular complexity index is 1630. The maximum atomic E-state index is 12.8. The first-order valence-corrected chi connectivity index (χ1v) is 19.6. The highest BCUT2D eigenvalue weighted by Crippen LogP contribution is 2.68. The van der Waals surface area contributed by atoms with Crippen LogP contribution in [0.15, 0.2) is 12.7 Å². The number of nitrogens with zero attached hydrogens (tertiary/aromatic N) is 4. The second kappa shape index (κ2) is 13.3. The first-order chi connectivity index (χ1) is 23.6. The summed E-state index contributed by atoms with van der Waals surface area (Å²) in [4.78, 5) is 35.3. The van der Waals surface area contributed by atoms with Crippen LogP contribution in [0.5, 0.6) is 0 Å². The molecule has 278 valence electrons. The lowest BCUT2D eigenvalue weighted by Crippen LogP contribution is -2.58. The van der Waals surface area contributed by atoms with Gasteiger partial charge in [-0.15, -0.1) is 0 Å². The largest absolute Gasteiger partial charge is 0.529 e. The van der Waals surface area contributed by atoms with Gasteiger partial charge in [0.2, 0.25) is 0 Å². The van der Waals surface area contributed by atoms with Crippen LogP contribution < -0.4 is 5.73 Å². The normalized spacial score (nSPS) is 43.1. The van der Waals surface area contributed by atoms with Gasteiger partial charge in [-0.05, 0) is 104 Å². The number of phosphoric acid groups is 1. The fourth-order valence-corrected chi connectivity index (χ4v) is 12.0. The molecule has 1 saturated heterocycles. The van der Waals surface area contributed by atoms with Crippen molar-refractivity contribution in [1.82, 2.24) is 19.5 Å². The summed E-state index contributed by atoms with van der Waals surface area (Å²) >= 11 is 0. The number of ether oxygens (including phenoxy) is 1. The van der Waals surface area contributed by atoms with Gasteiger partial charge in [0.25, 0.3) is 0 Å². The Kier molecular flexibility index (Phi) is 9.63. The third-order valence-electron chi connectivity index (χ3n) is 13.9. The zero-order valence-corrected chi connectivity index (χ0v) is 29.8. The number of carbonyl (C=O) groups excluding carboxylic acids is 1. The second-order valence-corrected chi connectivity index (χ2v) is 17.6. The number of imidazole rings is 1. The minimum atomic E-state index is -4.88. The van der Waals surface area contributed by atoms with Crippen LogP contribution in [0.4, 0.5) is 5.82 Å². The number of aromatic nitrogens is 4. The van der Waals surface area contributed by atoms with E-state index in [0.29, 0.717) is 30.1 Å². The van der Waals surface area contributed by atoms with Crippen LogP contribution in [0, 0.1) is 46.3 Å². The predicted octanol–water partition coefficient (Wildman–Crippen LogP) is 3.09. The molecule has 50 heavy (non-hydrogen) atoms. The van der Waals surface area contributed by atoms with Crippen molar-refractivity contribution in [3.05, 3.63) is 12.7 Å². The monoisotopic (exact) mass is 721 g/mol. The Morgan fingerprint density at radius 2 is 1.86 bits per heavy atom. The molecule has 2 aromatic rings. The van der Waals surface area contributed by atoms with E-state index in [4.69, 9.17) is 19.5 Å². The van der Waals surface area contributed by atoms with Gasteiger partial charge in [0.05, 0.1) is 25.1 Å². The average Bonchev–Trinajstić information content (AvgIpc) is 3.74. The van der Waals surface area contributed by atoms with E-state index in [2.05, 4.69) is 35.7 Å². The fraction of sp³-hybridized carbons (Fsp3) is 0.824. The first kappa shape index (κ1) is 36.1. The van der Waals surface area contributed by atoms with Crippen LogP contribution in [0.25, 0.3) is 11.2 Å². The number of aliphatic hydroxyl groups excluding tert-OH is 4. The number of anilines is 1. The summed E-state index contributed by atoms with van der Waals surface area (Å²) in [5.74, 6) is 1.42. The highest BCUT2D eigenvalue weighted by molar-refractivity contribution is 7.48. The number of rotatable bonds is 9. The Hall–Kier alpha value is -2.23. The van der Waals surface area contributed by atoms with Crippen LogP contribution in [0.2, 0.25) is 0 Å². The van der Waals surface area contributed by atoms with Gasteiger partial charge < -0.3 is 35.4 Å². The third-order valence-corrected chi connectivity index (χ3v) is 14.8. The van der Waals surface area contributed by atoms with E-state index in [1.807, 2.05) is 0 Å². The molecule has 2 aromatic heterocycles. The van der Waals surface area contributed by atoms with E-state index >= 15 is 0 Å². The zero-order chi connectivity index (χ0) is 35.7. The molecule has 0 spiro atoms. The maximum absolute atomic E-state index is 12.8. The summed E-state index contributed by atoms with van der Waals surface area (Å²) in [6.07, 6.45) is 4.66. The molecule has 15 nitrogen and oxygen atoms in total. The summed E-state index contributed by atoms with van der Waals surface area (Å²) in [5.41, 5.74) is 6.25.